The van der Waals surface area contributed by atoms with E-state index in [2.05, 4.69) is 15.0 Å². The highest BCUT2D eigenvalue weighted by atomic mass is 32.1. The Balaban J connectivity index is 2.81. The van der Waals surface area contributed by atoms with Gasteiger partial charge < -0.3 is 0 Å². The van der Waals surface area contributed by atoms with Crippen molar-refractivity contribution in [3.8, 4) is 0 Å². The van der Waals surface area contributed by atoms with Gasteiger partial charge in [0.05, 0.1) is 0 Å². The fourth-order valence-electron chi connectivity index (χ4n) is 1.00. The fourth-order valence-corrected chi connectivity index (χ4v) is 1.78. The second-order valence-corrected chi connectivity index (χ2v) is 3.10. The van der Waals surface area contributed by atoms with Gasteiger partial charge in [0.2, 0.25) is 0 Å². The number of fused-ring (bicyclic) bond motifs is 1. The van der Waals surface area contributed by atoms with Crippen LogP contribution >= 0.6 is 11.3 Å². The van der Waals surface area contributed by atoms with Crippen LogP contribution < -0.4 is 0 Å². The van der Waals surface area contributed by atoms with Crippen molar-refractivity contribution in [2.75, 3.05) is 0 Å². The number of azide groups is 1. The Bertz CT molecular complexity index is 455. The smallest absolute Gasteiger partial charge is 0.135 e. The molecule has 12 heavy (non-hydrogen) atoms. The minimum absolute atomic E-state index is 0.455. The van der Waals surface area contributed by atoms with Crippen molar-refractivity contribution in [1.29, 1.82) is 0 Å². The SMILES string of the molecule is [N-]=[N+]=Nc1nccc2sccc12. The lowest BCUT2D eigenvalue weighted by atomic mass is 10.3. The molecule has 0 bridgehead atoms. The van der Waals surface area contributed by atoms with Crippen LogP contribution in [-0.2, 0) is 0 Å². The molecule has 2 rings (SSSR count). The number of aromatic nitrogens is 1. The molecule has 0 aliphatic heterocycles. The van der Waals surface area contributed by atoms with Gasteiger partial charge in [0.25, 0.3) is 0 Å². The van der Waals surface area contributed by atoms with Crippen LogP contribution in [0.1, 0.15) is 0 Å². The van der Waals surface area contributed by atoms with Crippen LogP contribution in [0.3, 0.4) is 0 Å². The van der Waals surface area contributed by atoms with E-state index >= 15 is 0 Å². The van der Waals surface area contributed by atoms with Crippen LogP contribution in [0.15, 0.2) is 28.8 Å². The van der Waals surface area contributed by atoms with E-state index in [-0.39, 0.29) is 0 Å². The Morgan fingerprint density at radius 2 is 2.42 bits per heavy atom. The second kappa shape index (κ2) is 2.81. The Kier molecular flexibility index (Phi) is 1.66. The average Bonchev–Trinajstić information content (AvgIpc) is 2.53. The number of pyridine rings is 1. The van der Waals surface area contributed by atoms with Gasteiger partial charge in [-0.15, -0.1) is 11.3 Å². The molecule has 0 aliphatic carbocycles. The Morgan fingerprint density at radius 1 is 1.50 bits per heavy atom. The lowest BCUT2D eigenvalue weighted by molar-refractivity contribution is 1.29. The maximum atomic E-state index is 8.24. The molecule has 2 aromatic heterocycles. The first-order valence-corrected chi connectivity index (χ1v) is 4.17. The van der Waals surface area contributed by atoms with Crippen LogP contribution in [0.2, 0.25) is 0 Å². The summed E-state index contributed by atoms with van der Waals surface area (Å²) in [7, 11) is 0. The van der Waals surface area contributed by atoms with E-state index in [1.165, 1.54) is 0 Å². The van der Waals surface area contributed by atoms with Gasteiger partial charge >= 0.3 is 0 Å². The quantitative estimate of drug-likeness (QED) is 0.373. The molecule has 0 N–H and O–H groups in total. The van der Waals surface area contributed by atoms with Crippen molar-refractivity contribution in [2.45, 2.75) is 0 Å². The van der Waals surface area contributed by atoms with Crippen molar-refractivity contribution in [3.63, 3.8) is 0 Å². The summed E-state index contributed by atoms with van der Waals surface area (Å²) in [6.07, 6.45) is 1.64. The minimum atomic E-state index is 0.455. The summed E-state index contributed by atoms with van der Waals surface area (Å²) in [6, 6.07) is 3.80. The van der Waals surface area contributed by atoms with Gasteiger partial charge in [-0.05, 0) is 28.2 Å². The third-order valence-electron chi connectivity index (χ3n) is 1.50. The monoisotopic (exact) mass is 176 g/mol. The van der Waals surface area contributed by atoms with Gasteiger partial charge in [0.15, 0.2) is 0 Å². The summed E-state index contributed by atoms with van der Waals surface area (Å²) in [4.78, 5) is 6.66. The summed E-state index contributed by atoms with van der Waals surface area (Å²) in [5, 5.41) is 6.35. The lowest BCUT2D eigenvalue weighted by Gasteiger charge is -1.91. The van der Waals surface area contributed by atoms with E-state index in [0.29, 0.717) is 5.82 Å². The maximum absolute atomic E-state index is 8.24. The first-order chi connectivity index (χ1) is 5.92. The summed E-state index contributed by atoms with van der Waals surface area (Å²) in [6.45, 7) is 0. The van der Waals surface area contributed by atoms with E-state index in [9.17, 15) is 0 Å². The predicted molar refractivity (Wildman–Crippen MR) is 48.4 cm³/mol. The lowest BCUT2D eigenvalue weighted by Crippen LogP contribution is -1.70. The Labute approximate surface area is 72.1 Å². The zero-order chi connectivity index (χ0) is 8.39. The molecule has 4 nitrogen and oxygen atoms in total. The van der Waals surface area contributed by atoms with Crippen LogP contribution in [-0.4, -0.2) is 4.98 Å². The Morgan fingerprint density at radius 3 is 3.25 bits per heavy atom. The van der Waals surface area contributed by atoms with Gasteiger partial charge in [-0.2, -0.15) is 0 Å². The van der Waals surface area contributed by atoms with E-state index < -0.39 is 0 Å². The van der Waals surface area contributed by atoms with Crippen LogP contribution in [0.4, 0.5) is 5.82 Å². The van der Waals surface area contributed by atoms with Gasteiger partial charge in [0, 0.05) is 21.2 Å². The van der Waals surface area contributed by atoms with Crippen molar-refractivity contribution in [3.05, 3.63) is 34.2 Å². The highest BCUT2D eigenvalue weighted by molar-refractivity contribution is 7.17. The molecule has 0 amide bonds. The van der Waals surface area contributed by atoms with Crippen molar-refractivity contribution < 1.29 is 0 Å². The number of hydrogen-bond acceptors (Lipinski definition) is 3. The van der Waals surface area contributed by atoms with Crippen molar-refractivity contribution >= 4 is 27.2 Å². The zero-order valence-electron chi connectivity index (χ0n) is 6.01. The molecule has 0 radical (unpaired) electrons. The molecule has 2 aromatic rings. The molecule has 5 heteroatoms. The third-order valence-corrected chi connectivity index (χ3v) is 2.38. The fraction of sp³-hybridized carbons (Fsp3) is 0. The molecule has 0 unspecified atom stereocenters. The summed E-state index contributed by atoms with van der Waals surface area (Å²) in [5.74, 6) is 0.455. The summed E-state index contributed by atoms with van der Waals surface area (Å²) < 4.78 is 1.09. The second-order valence-electron chi connectivity index (χ2n) is 2.16. The highest BCUT2D eigenvalue weighted by Crippen LogP contribution is 2.27. The highest BCUT2D eigenvalue weighted by Gasteiger charge is 1.99. The van der Waals surface area contributed by atoms with Gasteiger partial charge in [-0.1, -0.05) is 0 Å². The molecular formula is C7H4N4S. The molecule has 0 saturated carbocycles. The summed E-state index contributed by atoms with van der Waals surface area (Å²) in [5.41, 5.74) is 8.24. The standard InChI is InChI=1S/C7H4N4S/c8-11-10-7-5-2-4-12-6(5)1-3-9-7/h1-4H. The largest absolute Gasteiger partial charge is 0.254 e. The maximum Gasteiger partial charge on any atom is 0.135 e. The molecule has 0 atom stereocenters. The van der Waals surface area contributed by atoms with Gasteiger partial charge in [-0.25, -0.2) is 0 Å². The van der Waals surface area contributed by atoms with Gasteiger partial charge in [-0.3, -0.25) is 4.98 Å². The normalized spacial score (nSPS) is 9.67. The first kappa shape index (κ1) is 7.09. The van der Waals surface area contributed by atoms with E-state index in [1.54, 1.807) is 17.5 Å². The molecular weight excluding hydrogens is 172 g/mol. The molecule has 0 aliphatic rings. The van der Waals surface area contributed by atoms with Crippen molar-refractivity contribution in [2.24, 2.45) is 5.11 Å². The first-order valence-electron chi connectivity index (χ1n) is 3.29. The predicted octanol–water partition coefficient (Wildman–Crippen LogP) is 3.24. The van der Waals surface area contributed by atoms with E-state index in [4.69, 9.17) is 5.53 Å². The molecule has 0 saturated heterocycles. The van der Waals surface area contributed by atoms with E-state index in [0.717, 1.165) is 10.1 Å². The topological polar surface area (TPSA) is 61.7 Å². The van der Waals surface area contributed by atoms with Gasteiger partial charge in [0.1, 0.15) is 5.82 Å². The van der Waals surface area contributed by atoms with Crippen LogP contribution in [0.5, 0.6) is 0 Å². The minimum Gasteiger partial charge on any atom is -0.254 e. The molecule has 0 aromatic carbocycles. The number of hydrogen-bond donors (Lipinski definition) is 0. The van der Waals surface area contributed by atoms with Crippen LogP contribution in [0.25, 0.3) is 20.5 Å². The van der Waals surface area contributed by atoms with Crippen molar-refractivity contribution in [1.82, 2.24) is 4.98 Å². The average molecular weight is 176 g/mol. The van der Waals surface area contributed by atoms with E-state index in [1.807, 2.05) is 17.5 Å². The Hall–Kier alpha value is -1.58. The van der Waals surface area contributed by atoms with Crippen LogP contribution in [0, 0.1) is 0 Å². The molecule has 0 fully saturated rings. The summed E-state index contributed by atoms with van der Waals surface area (Å²) >= 11 is 1.60. The molecule has 0 spiro atoms. The number of rotatable bonds is 1. The molecule has 2 heterocycles. The zero-order valence-corrected chi connectivity index (χ0v) is 6.82. The molecule has 58 valence electrons. The third kappa shape index (κ3) is 1.01. The number of thiophene rings is 1. The number of nitrogens with zero attached hydrogens (tertiary/aromatic N) is 4.